The van der Waals surface area contributed by atoms with Gasteiger partial charge < -0.3 is 14.8 Å². The highest BCUT2D eigenvalue weighted by molar-refractivity contribution is 6.12. The van der Waals surface area contributed by atoms with E-state index in [-0.39, 0.29) is 30.2 Å². The minimum atomic E-state index is -0.339. The van der Waals surface area contributed by atoms with Gasteiger partial charge in [-0.3, -0.25) is 14.5 Å². The zero-order valence-corrected chi connectivity index (χ0v) is 18.0. The summed E-state index contributed by atoms with van der Waals surface area (Å²) in [4.78, 5) is 27.5. The number of hydrogen-bond donors (Lipinski definition) is 1. The average Bonchev–Trinajstić information content (AvgIpc) is 2.78. The molecule has 31 heavy (non-hydrogen) atoms. The van der Waals surface area contributed by atoms with E-state index in [4.69, 9.17) is 9.47 Å². The summed E-state index contributed by atoms with van der Waals surface area (Å²) in [7, 11) is 1.60. The molecule has 2 amide bonds. The van der Waals surface area contributed by atoms with Gasteiger partial charge in [-0.25, -0.2) is 0 Å². The predicted octanol–water partition coefficient (Wildman–Crippen LogP) is 4.16. The van der Waals surface area contributed by atoms with E-state index in [1.807, 2.05) is 36.4 Å². The molecule has 0 spiro atoms. The van der Waals surface area contributed by atoms with Gasteiger partial charge in [-0.05, 0) is 67.5 Å². The fraction of sp³-hybridized carbons (Fsp3) is 0.360. The van der Waals surface area contributed by atoms with Crippen molar-refractivity contribution in [1.82, 2.24) is 5.32 Å². The van der Waals surface area contributed by atoms with Crippen molar-refractivity contribution in [3.8, 4) is 11.5 Å². The third-order valence-electron chi connectivity index (χ3n) is 5.91. The van der Waals surface area contributed by atoms with E-state index in [0.717, 1.165) is 31.2 Å². The SMILES string of the molecule is COc1cccc(C=C2Oc3ccccc3N(CC(=O)NC3CCC(C)CC3)C2=O)c1. The van der Waals surface area contributed by atoms with Gasteiger partial charge in [0.2, 0.25) is 5.91 Å². The number of nitrogens with one attached hydrogen (secondary N) is 1. The second-order valence-corrected chi connectivity index (χ2v) is 8.27. The number of amides is 2. The zero-order chi connectivity index (χ0) is 21.8. The Labute approximate surface area is 182 Å². The van der Waals surface area contributed by atoms with Gasteiger partial charge >= 0.3 is 0 Å². The predicted molar refractivity (Wildman–Crippen MR) is 120 cm³/mol. The van der Waals surface area contributed by atoms with Gasteiger partial charge in [-0.1, -0.05) is 31.2 Å². The van der Waals surface area contributed by atoms with Gasteiger partial charge in [0.15, 0.2) is 11.5 Å². The van der Waals surface area contributed by atoms with Crippen LogP contribution in [-0.4, -0.2) is 31.5 Å². The number of benzene rings is 2. The monoisotopic (exact) mass is 420 g/mol. The van der Waals surface area contributed by atoms with Crippen molar-refractivity contribution in [3.63, 3.8) is 0 Å². The van der Waals surface area contributed by atoms with Crippen LogP contribution in [0.1, 0.15) is 38.2 Å². The summed E-state index contributed by atoms with van der Waals surface area (Å²) >= 11 is 0. The van der Waals surface area contributed by atoms with Crippen molar-refractivity contribution in [2.45, 2.75) is 38.6 Å². The number of methoxy groups -OCH3 is 1. The normalized spacial score (nSPS) is 21.9. The Balaban J connectivity index is 1.55. The highest BCUT2D eigenvalue weighted by Gasteiger charge is 2.32. The molecule has 0 atom stereocenters. The van der Waals surface area contributed by atoms with Crippen LogP contribution in [0.25, 0.3) is 6.08 Å². The first kappa shape index (κ1) is 21.0. The molecule has 2 aromatic rings. The maximum Gasteiger partial charge on any atom is 0.294 e. The molecular weight excluding hydrogens is 392 g/mol. The highest BCUT2D eigenvalue weighted by atomic mass is 16.5. The average molecular weight is 421 g/mol. The summed E-state index contributed by atoms with van der Waals surface area (Å²) in [6, 6.07) is 14.8. The largest absolute Gasteiger partial charge is 0.497 e. The summed E-state index contributed by atoms with van der Waals surface area (Å²) in [6.45, 7) is 2.21. The van der Waals surface area contributed by atoms with Crippen LogP contribution in [0.15, 0.2) is 54.3 Å². The van der Waals surface area contributed by atoms with E-state index in [0.29, 0.717) is 23.1 Å². The molecule has 1 fully saturated rings. The van der Waals surface area contributed by atoms with Crippen LogP contribution in [0.2, 0.25) is 0 Å². The summed E-state index contributed by atoms with van der Waals surface area (Å²) in [5, 5.41) is 3.11. The summed E-state index contributed by atoms with van der Waals surface area (Å²) in [5.41, 5.74) is 1.38. The molecule has 1 heterocycles. The molecule has 162 valence electrons. The molecule has 1 aliphatic heterocycles. The lowest BCUT2D eigenvalue weighted by molar-refractivity contribution is -0.124. The molecule has 2 aliphatic rings. The zero-order valence-electron chi connectivity index (χ0n) is 18.0. The number of carbonyl (C=O) groups excluding carboxylic acids is 2. The molecule has 1 saturated carbocycles. The number of fused-ring (bicyclic) bond motifs is 1. The van der Waals surface area contributed by atoms with Crippen molar-refractivity contribution in [3.05, 3.63) is 59.9 Å². The van der Waals surface area contributed by atoms with E-state index in [1.54, 1.807) is 25.3 Å². The molecule has 6 nitrogen and oxygen atoms in total. The van der Waals surface area contributed by atoms with Crippen molar-refractivity contribution >= 4 is 23.6 Å². The molecule has 2 aromatic carbocycles. The first-order chi connectivity index (χ1) is 15.0. The third kappa shape index (κ3) is 4.90. The first-order valence-electron chi connectivity index (χ1n) is 10.8. The Bertz CT molecular complexity index is 993. The number of para-hydroxylation sites is 2. The van der Waals surface area contributed by atoms with Crippen LogP contribution < -0.4 is 19.7 Å². The number of rotatable bonds is 5. The number of hydrogen-bond acceptors (Lipinski definition) is 4. The van der Waals surface area contributed by atoms with E-state index < -0.39 is 0 Å². The van der Waals surface area contributed by atoms with Crippen molar-refractivity contribution in [2.75, 3.05) is 18.6 Å². The molecule has 0 radical (unpaired) electrons. The Hall–Kier alpha value is -3.28. The third-order valence-corrected chi connectivity index (χ3v) is 5.91. The number of anilines is 1. The molecule has 0 aromatic heterocycles. The van der Waals surface area contributed by atoms with Gasteiger partial charge in [0.1, 0.15) is 12.3 Å². The Kier molecular flexibility index (Phi) is 6.26. The molecule has 1 aliphatic carbocycles. The summed E-state index contributed by atoms with van der Waals surface area (Å²) < 4.78 is 11.2. The van der Waals surface area contributed by atoms with Crippen molar-refractivity contribution in [2.24, 2.45) is 5.92 Å². The van der Waals surface area contributed by atoms with Crippen LogP contribution in [0, 0.1) is 5.92 Å². The Morgan fingerprint density at radius 1 is 1.16 bits per heavy atom. The van der Waals surface area contributed by atoms with Gasteiger partial charge in [0.05, 0.1) is 12.8 Å². The van der Waals surface area contributed by atoms with E-state index in [2.05, 4.69) is 12.2 Å². The molecule has 0 unspecified atom stereocenters. The number of ether oxygens (including phenoxy) is 2. The minimum absolute atomic E-state index is 0.0410. The maximum absolute atomic E-state index is 13.2. The quantitative estimate of drug-likeness (QED) is 0.738. The Morgan fingerprint density at radius 2 is 1.94 bits per heavy atom. The van der Waals surface area contributed by atoms with Gasteiger partial charge in [-0.15, -0.1) is 0 Å². The molecule has 1 N–H and O–H groups in total. The summed E-state index contributed by atoms with van der Waals surface area (Å²) in [5.74, 6) is 1.64. The van der Waals surface area contributed by atoms with Crippen LogP contribution >= 0.6 is 0 Å². The summed E-state index contributed by atoms with van der Waals surface area (Å²) in [6.07, 6.45) is 5.90. The van der Waals surface area contributed by atoms with Crippen LogP contribution in [-0.2, 0) is 9.59 Å². The molecule has 6 heteroatoms. The standard InChI is InChI=1S/C25H28N2O4/c1-17-10-12-19(13-11-17)26-24(28)16-27-21-8-3-4-9-22(21)31-23(25(27)29)15-18-6-5-7-20(14-18)30-2/h3-9,14-15,17,19H,10-13,16H2,1-2H3,(H,26,28). The highest BCUT2D eigenvalue weighted by Crippen LogP contribution is 2.35. The minimum Gasteiger partial charge on any atom is -0.497 e. The number of carbonyl (C=O) groups is 2. The van der Waals surface area contributed by atoms with E-state index in [1.165, 1.54) is 4.90 Å². The van der Waals surface area contributed by atoms with Crippen LogP contribution in [0.5, 0.6) is 11.5 Å². The maximum atomic E-state index is 13.2. The van der Waals surface area contributed by atoms with E-state index in [9.17, 15) is 9.59 Å². The fourth-order valence-electron chi connectivity index (χ4n) is 4.12. The molecule has 4 rings (SSSR count). The first-order valence-corrected chi connectivity index (χ1v) is 10.8. The lowest BCUT2D eigenvalue weighted by atomic mass is 9.87. The second kappa shape index (κ2) is 9.25. The van der Waals surface area contributed by atoms with Gasteiger partial charge in [0.25, 0.3) is 5.91 Å². The molecule has 0 bridgehead atoms. The smallest absolute Gasteiger partial charge is 0.294 e. The second-order valence-electron chi connectivity index (χ2n) is 8.27. The van der Waals surface area contributed by atoms with E-state index >= 15 is 0 Å². The number of nitrogens with zero attached hydrogens (tertiary/aromatic N) is 1. The Morgan fingerprint density at radius 3 is 2.71 bits per heavy atom. The van der Waals surface area contributed by atoms with Gasteiger partial charge in [0, 0.05) is 6.04 Å². The molecular formula is C25H28N2O4. The van der Waals surface area contributed by atoms with Gasteiger partial charge in [-0.2, -0.15) is 0 Å². The van der Waals surface area contributed by atoms with Crippen LogP contribution in [0.3, 0.4) is 0 Å². The van der Waals surface area contributed by atoms with Crippen molar-refractivity contribution < 1.29 is 19.1 Å². The lowest BCUT2D eigenvalue weighted by Crippen LogP contribution is -2.47. The fourth-order valence-corrected chi connectivity index (χ4v) is 4.12. The lowest BCUT2D eigenvalue weighted by Gasteiger charge is -2.31. The van der Waals surface area contributed by atoms with Crippen molar-refractivity contribution in [1.29, 1.82) is 0 Å². The molecule has 0 saturated heterocycles. The van der Waals surface area contributed by atoms with Crippen LogP contribution in [0.4, 0.5) is 5.69 Å². The topological polar surface area (TPSA) is 67.9 Å².